The van der Waals surface area contributed by atoms with Crippen molar-refractivity contribution in [2.45, 2.75) is 25.7 Å². The number of carbonyl (C=O) groups is 3. The van der Waals surface area contributed by atoms with Crippen LogP contribution in [0.3, 0.4) is 0 Å². The molecule has 9 heteroatoms. The lowest BCUT2D eigenvalue weighted by molar-refractivity contribution is -0.187. The monoisotopic (exact) mass is 382 g/mol. The summed E-state index contributed by atoms with van der Waals surface area (Å²) in [5, 5.41) is 3.89. The average molecular weight is 382 g/mol. The maximum Gasteiger partial charge on any atom is 0.331 e. The molecule has 1 aromatic carbocycles. The average Bonchev–Trinajstić information content (AvgIpc) is 2.68. The largest absolute Gasteiger partial charge is 0.350 e. The molecular formula is C19H22N6O3. The summed E-state index contributed by atoms with van der Waals surface area (Å²) in [6, 6.07) is 8.44. The third-order valence-corrected chi connectivity index (χ3v) is 5.53. The molecule has 9 nitrogen and oxygen atoms in total. The Morgan fingerprint density at radius 1 is 1.25 bits per heavy atom. The van der Waals surface area contributed by atoms with Crippen molar-refractivity contribution in [3.8, 4) is 0 Å². The number of fused-ring (bicyclic) bond motifs is 2. The van der Waals surface area contributed by atoms with Crippen LogP contribution in [-0.2, 0) is 16.1 Å². The number of para-hydroxylation sites is 1. The molecule has 2 aliphatic heterocycles. The van der Waals surface area contributed by atoms with Gasteiger partial charge >= 0.3 is 6.03 Å². The van der Waals surface area contributed by atoms with Crippen LogP contribution in [0.1, 0.15) is 12.5 Å². The Balaban J connectivity index is 1.64. The molecule has 2 saturated heterocycles. The Bertz CT molecular complexity index is 958. The lowest BCUT2D eigenvalue weighted by Gasteiger charge is -2.53. The van der Waals surface area contributed by atoms with Gasteiger partial charge in [0.05, 0.1) is 12.1 Å². The fraction of sp³-hybridized carbons (Fsp3) is 0.368. The second-order valence-electron chi connectivity index (χ2n) is 7.15. The van der Waals surface area contributed by atoms with Gasteiger partial charge in [0.25, 0.3) is 0 Å². The van der Waals surface area contributed by atoms with Gasteiger partial charge in [0.15, 0.2) is 0 Å². The van der Waals surface area contributed by atoms with E-state index in [2.05, 4.69) is 4.98 Å². The Morgan fingerprint density at radius 3 is 2.75 bits per heavy atom. The van der Waals surface area contributed by atoms with Crippen molar-refractivity contribution in [2.24, 2.45) is 5.73 Å². The highest BCUT2D eigenvalue weighted by molar-refractivity contribution is 5.91. The van der Waals surface area contributed by atoms with Gasteiger partial charge in [0.2, 0.25) is 11.8 Å². The summed E-state index contributed by atoms with van der Waals surface area (Å²) in [6.45, 7) is 2.14. The van der Waals surface area contributed by atoms with Crippen LogP contribution >= 0.6 is 0 Å². The van der Waals surface area contributed by atoms with E-state index in [9.17, 15) is 14.4 Å². The van der Waals surface area contributed by atoms with E-state index in [0.717, 1.165) is 16.5 Å². The van der Waals surface area contributed by atoms with E-state index in [1.807, 2.05) is 30.3 Å². The van der Waals surface area contributed by atoms with Crippen LogP contribution in [0, 0.1) is 0 Å². The summed E-state index contributed by atoms with van der Waals surface area (Å²) < 4.78 is 0. The van der Waals surface area contributed by atoms with E-state index < -0.39 is 18.2 Å². The minimum absolute atomic E-state index is 0.0797. The molecule has 2 N–H and O–H groups in total. The summed E-state index contributed by atoms with van der Waals surface area (Å²) in [5.41, 5.74) is 7.32. The highest BCUT2D eigenvalue weighted by atomic mass is 16.2. The summed E-state index contributed by atoms with van der Waals surface area (Å²) in [4.78, 5) is 45.0. The first-order valence-corrected chi connectivity index (χ1v) is 9.10. The van der Waals surface area contributed by atoms with Crippen molar-refractivity contribution in [2.75, 3.05) is 20.1 Å². The molecular weight excluding hydrogens is 360 g/mol. The minimum Gasteiger partial charge on any atom is -0.350 e. The molecule has 0 aliphatic carbocycles. The quantitative estimate of drug-likeness (QED) is 0.808. The molecule has 0 spiro atoms. The normalized spacial score (nSPS) is 23.3. The molecule has 0 bridgehead atoms. The molecule has 3 heterocycles. The zero-order valence-corrected chi connectivity index (χ0v) is 15.8. The maximum atomic E-state index is 12.8. The summed E-state index contributed by atoms with van der Waals surface area (Å²) in [6.07, 6.45) is 1.10. The van der Waals surface area contributed by atoms with Crippen molar-refractivity contribution in [1.29, 1.82) is 0 Å². The molecule has 4 amide bonds. The third kappa shape index (κ3) is 2.84. The van der Waals surface area contributed by atoms with Crippen LogP contribution in [0.5, 0.6) is 0 Å². The van der Waals surface area contributed by atoms with Gasteiger partial charge in [-0.25, -0.2) is 14.8 Å². The topological polar surface area (TPSA) is 103 Å². The van der Waals surface area contributed by atoms with E-state index in [-0.39, 0.29) is 24.9 Å². The molecule has 2 aromatic rings. The number of piperazine rings is 1. The highest BCUT2D eigenvalue weighted by Gasteiger charge is 2.48. The van der Waals surface area contributed by atoms with Crippen LogP contribution in [0.2, 0.25) is 0 Å². The predicted molar refractivity (Wildman–Crippen MR) is 101 cm³/mol. The third-order valence-electron chi connectivity index (χ3n) is 5.53. The van der Waals surface area contributed by atoms with Gasteiger partial charge in [-0.3, -0.25) is 14.6 Å². The van der Waals surface area contributed by atoms with E-state index in [0.29, 0.717) is 6.54 Å². The first-order chi connectivity index (χ1) is 13.4. The van der Waals surface area contributed by atoms with E-state index in [4.69, 9.17) is 5.73 Å². The first-order valence-electron chi connectivity index (χ1n) is 9.10. The Kier molecular flexibility index (Phi) is 4.38. The van der Waals surface area contributed by atoms with Crippen LogP contribution in [0.15, 0.2) is 36.5 Å². The van der Waals surface area contributed by atoms with Gasteiger partial charge < -0.3 is 15.5 Å². The van der Waals surface area contributed by atoms with Gasteiger partial charge in [-0.15, -0.1) is 0 Å². The molecule has 4 rings (SSSR count). The summed E-state index contributed by atoms with van der Waals surface area (Å²) >= 11 is 0. The molecule has 0 radical (unpaired) electrons. The highest BCUT2D eigenvalue weighted by Crippen LogP contribution is 2.26. The Labute approximate surface area is 162 Å². The molecule has 1 aromatic heterocycles. The minimum atomic E-state index is -0.655. The van der Waals surface area contributed by atoms with Crippen molar-refractivity contribution in [3.05, 3.63) is 42.1 Å². The number of hydrazine groups is 1. The fourth-order valence-electron chi connectivity index (χ4n) is 3.94. The van der Waals surface area contributed by atoms with Crippen LogP contribution in [-0.4, -0.2) is 75.0 Å². The van der Waals surface area contributed by atoms with Crippen molar-refractivity contribution >= 4 is 28.7 Å². The van der Waals surface area contributed by atoms with Gasteiger partial charge in [0.1, 0.15) is 18.8 Å². The van der Waals surface area contributed by atoms with Crippen LogP contribution in [0.25, 0.3) is 10.9 Å². The molecule has 2 aliphatic rings. The number of benzene rings is 1. The van der Waals surface area contributed by atoms with Crippen molar-refractivity contribution in [3.63, 3.8) is 0 Å². The number of pyridine rings is 1. The van der Waals surface area contributed by atoms with Crippen LogP contribution in [0.4, 0.5) is 4.79 Å². The Morgan fingerprint density at radius 2 is 2.00 bits per heavy atom. The van der Waals surface area contributed by atoms with E-state index >= 15 is 0 Å². The van der Waals surface area contributed by atoms with Gasteiger partial charge in [0, 0.05) is 25.2 Å². The molecule has 28 heavy (non-hydrogen) atoms. The zero-order valence-electron chi connectivity index (χ0n) is 15.8. The molecule has 146 valence electrons. The van der Waals surface area contributed by atoms with Gasteiger partial charge in [-0.2, -0.15) is 0 Å². The van der Waals surface area contributed by atoms with E-state index in [1.54, 1.807) is 30.1 Å². The number of nitrogens with two attached hydrogens (primary N) is 1. The van der Waals surface area contributed by atoms with Gasteiger partial charge in [-0.05, 0) is 18.6 Å². The molecule has 2 atom stereocenters. The lowest BCUT2D eigenvalue weighted by Crippen LogP contribution is -2.75. The van der Waals surface area contributed by atoms with Crippen molar-refractivity contribution in [1.82, 2.24) is 24.8 Å². The predicted octanol–water partition coefficient (Wildman–Crippen LogP) is 0.361. The molecule has 0 saturated carbocycles. The van der Waals surface area contributed by atoms with Crippen LogP contribution < -0.4 is 5.73 Å². The number of urea groups is 1. The summed E-state index contributed by atoms with van der Waals surface area (Å²) in [7, 11) is 1.65. The number of likely N-dealkylation sites (N-methyl/N-ethyl adjacent to an activating group) is 1. The molecule has 2 unspecified atom stereocenters. The molecule has 2 fully saturated rings. The number of hydrogen-bond donors (Lipinski definition) is 1. The fourth-order valence-corrected chi connectivity index (χ4v) is 3.94. The second-order valence-corrected chi connectivity index (χ2v) is 7.15. The standard InChI is InChI=1S/C19H22N6O3/c1-12-18(27)24-11-16(26)23(10-15(24)25(19(20)28)22(12)2)9-14-6-3-5-13-7-4-8-21-17(13)14/h3-8,12,15H,9-11H2,1-2H3,(H2,20,28). The van der Waals surface area contributed by atoms with Crippen molar-refractivity contribution < 1.29 is 14.4 Å². The SMILES string of the molecule is CC1C(=O)N2CC(=O)N(Cc3cccc4cccnc34)CC2N(C(N)=O)N1C. The number of primary amides is 1. The lowest BCUT2D eigenvalue weighted by atomic mass is 10.1. The van der Waals surface area contributed by atoms with E-state index in [1.165, 1.54) is 9.91 Å². The summed E-state index contributed by atoms with van der Waals surface area (Å²) in [5.74, 6) is -0.358. The maximum absolute atomic E-state index is 12.8. The first kappa shape index (κ1) is 18.2. The number of hydrogen-bond acceptors (Lipinski definition) is 5. The smallest absolute Gasteiger partial charge is 0.331 e. The number of carbonyl (C=O) groups excluding carboxylic acids is 3. The number of rotatable bonds is 2. The number of aromatic nitrogens is 1. The zero-order chi connectivity index (χ0) is 20.0. The Hall–Kier alpha value is -3.20. The number of nitrogens with zero attached hydrogens (tertiary/aromatic N) is 5. The number of amides is 4. The van der Waals surface area contributed by atoms with Gasteiger partial charge in [-0.1, -0.05) is 24.3 Å². The second kappa shape index (κ2) is 6.75.